The van der Waals surface area contributed by atoms with E-state index in [0.717, 1.165) is 42.7 Å². The first kappa shape index (κ1) is 19.7. The van der Waals surface area contributed by atoms with Crippen molar-refractivity contribution >= 4 is 23.2 Å². The highest BCUT2D eigenvalue weighted by molar-refractivity contribution is 7.11. The Labute approximate surface area is 155 Å². The van der Waals surface area contributed by atoms with Crippen LogP contribution in [-0.2, 0) is 11.3 Å². The Balaban J connectivity index is 1.81. The summed E-state index contributed by atoms with van der Waals surface area (Å²) < 4.78 is 0. The van der Waals surface area contributed by atoms with E-state index in [2.05, 4.69) is 27.5 Å². The van der Waals surface area contributed by atoms with Gasteiger partial charge in [0.1, 0.15) is 0 Å². The Morgan fingerprint density at radius 2 is 2.20 bits per heavy atom. The predicted octanol–water partition coefficient (Wildman–Crippen LogP) is 2.46. The number of piperidine rings is 1. The van der Waals surface area contributed by atoms with E-state index in [1.165, 1.54) is 11.3 Å². The standard InChI is InChI=1S/C18H31N5OS/c1-5-19-18(21-11-16-14(3)22-15(4)25-16)20-9-8-17(24)23-10-6-7-13(2)12-23/h13H,5-12H2,1-4H3,(H2,19,20,21). The van der Waals surface area contributed by atoms with Crippen LogP contribution < -0.4 is 10.6 Å². The molecule has 2 heterocycles. The molecule has 2 rings (SSSR count). The lowest BCUT2D eigenvalue weighted by atomic mass is 10.00. The molecule has 7 heteroatoms. The van der Waals surface area contributed by atoms with E-state index in [9.17, 15) is 4.79 Å². The zero-order chi connectivity index (χ0) is 18.2. The number of guanidine groups is 1. The molecule has 25 heavy (non-hydrogen) atoms. The van der Waals surface area contributed by atoms with Gasteiger partial charge in [0.25, 0.3) is 0 Å². The van der Waals surface area contributed by atoms with Crippen LogP contribution in [0.5, 0.6) is 0 Å². The summed E-state index contributed by atoms with van der Waals surface area (Å²) in [5.41, 5.74) is 1.05. The van der Waals surface area contributed by atoms with Crippen LogP contribution in [0.4, 0.5) is 0 Å². The normalized spacial score (nSPS) is 18.3. The number of aromatic nitrogens is 1. The van der Waals surface area contributed by atoms with Crippen molar-refractivity contribution in [3.8, 4) is 0 Å². The maximum atomic E-state index is 12.3. The number of aryl methyl sites for hydroxylation is 2. The molecule has 1 fully saturated rings. The number of rotatable bonds is 6. The second kappa shape index (κ2) is 9.75. The minimum absolute atomic E-state index is 0.240. The number of likely N-dealkylation sites (tertiary alicyclic amines) is 1. The molecular weight excluding hydrogens is 334 g/mol. The van der Waals surface area contributed by atoms with Gasteiger partial charge >= 0.3 is 0 Å². The van der Waals surface area contributed by atoms with Crippen LogP contribution in [0.25, 0.3) is 0 Å². The topological polar surface area (TPSA) is 69.6 Å². The molecule has 2 N–H and O–H groups in total. The second-order valence-corrected chi connectivity index (χ2v) is 7.99. The van der Waals surface area contributed by atoms with E-state index >= 15 is 0 Å². The Hall–Kier alpha value is -1.63. The van der Waals surface area contributed by atoms with Crippen molar-refractivity contribution < 1.29 is 4.79 Å². The van der Waals surface area contributed by atoms with Crippen LogP contribution in [0, 0.1) is 19.8 Å². The average molecular weight is 366 g/mol. The number of carbonyl (C=O) groups is 1. The van der Waals surface area contributed by atoms with Crippen LogP contribution in [0.1, 0.15) is 48.7 Å². The van der Waals surface area contributed by atoms with Crippen molar-refractivity contribution in [1.82, 2.24) is 20.5 Å². The molecule has 0 aromatic carbocycles. The van der Waals surface area contributed by atoms with Gasteiger partial charge in [-0.25, -0.2) is 9.98 Å². The number of thiazole rings is 1. The van der Waals surface area contributed by atoms with E-state index < -0.39 is 0 Å². The van der Waals surface area contributed by atoms with Crippen molar-refractivity contribution in [2.24, 2.45) is 10.9 Å². The summed E-state index contributed by atoms with van der Waals surface area (Å²) in [5.74, 6) is 1.62. The van der Waals surface area contributed by atoms with Gasteiger partial charge < -0.3 is 15.5 Å². The first-order valence-corrected chi connectivity index (χ1v) is 10.0. The van der Waals surface area contributed by atoms with E-state index in [4.69, 9.17) is 0 Å². The van der Waals surface area contributed by atoms with Gasteiger partial charge in [-0.1, -0.05) is 6.92 Å². The monoisotopic (exact) mass is 365 g/mol. The van der Waals surface area contributed by atoms with Crippen LogP contribution in [0.2, 0.25) is 0 Å². The van der Waals surface area contributed by atoms with E-state index in [1.54, 1.807) is 11.3 Å². The minimum atomic E-state index is 0.240. The number of nitrogens with one attached hydrogen (secondary N) is 2. The summed E-state index contributed by atoms with van der Waals surface area (Å²) >= 11 is 1.69. The number of aliphatic imine (C=N–C) groups is 1. The molecule has 1 aromatic rings. The number of amides is 1. The third-order valence-corrected chi connectivity index (χ3v) is 5.42. The Morgan fingerprint density at radius 3 is 2.84 bits per heavy atom. The van der Waals surface area contributed by atoms with Crippen LogP contribution >= 0.6 is 11.3 Å². The minimum Gasteiger partial charge on any atom is -0.357 e. The Morgan fingerprint density at radius 1 is 1.40 bits per heavy atom. The summed E-state index contributed by atoms with van der Waals surface area (Å²) in [5, 5.41) is 7.58. The molecule has 0 bridgehead atoms. The molecule has 6 nitrogen and oxygen atoms in total. The fraction of sp³-hybridized carbons (Fsp3) is 0.722. The highest BCUT2D eigenvalue weighted by atomic mass is 32.1. The zero-order valence-electron chi connectivity index (χ0n) is 15.9. The van der Waals surface area contributed by atoms with E-state index in [0.29, 0.717) is 25.4 Å². The van der Waals surface area contributed by atoms with Gasteiger partial charge in [-0.2, -0.15) is 0 Å². The van der Waals surface area contributed by atoms with Gasteiger partial charge in [0.05, 0.1) is 17.2 Å². The Bertz CT molecular complexity index is 598. The van der Waals surface area contributed by atoms with Crippen LogP contribution in [0.15, 0.2) is 4.99 Å². The van der Waals surface area contributed by atoms with Gasteiger partial charge in [0, 0.05) is 37.5 Å². The predicted molar refractivity (Wildman–Crippen MR) is 104 cm³/mol. The lowest BCUT2D eigenvalue weighted by molar-refractivity contribution is -0.132. The molecule has 1 amide bonds. The molecule has 0 radical (unpaired) electrons. The van der Waals surface area contributed by atoms with Crippen molar-refractivity contribution in [2.75, 3.05) is 26.2 Å². The van der Waals surface area contributed by atoms with Crippen molar-refractivity contribution in [1.29, 1.82) is 0 Å². The first-order valence-electron chi connectivity index (χ1n) is 9.22. The number of carbonyl (C=O) groups excluding carboxylic acids is 1. The van der Waals surface area contributed by atoms with Crippen molar-refractivity contribution in [3.05, 3.63) is 15.6 Å². The lowest BCUT2D eigenvalue weighted by Crippen LogP contribution is -2.42. The maximum Gasteiger partial charge on any atom is 0.224 e. The zero-order valence-corrected chi connectivity index (χ0v) is 16.7. The lowest BCUT2D eigenvalue weighted by Gasteiger charge is -2.31. The van der Waals surface area contributed by atoms with Gasteiger partial charge in [-0.05, 0) is 39.5 Å². The largest absolute Gasteiger partial charge is 0.357 e. The van der Waals surface area contributed by atoms with Crippen molar-refractivity contribution in [2.45, 2.75) is 53.5 Å². The molecule has 1 saturated heterocycles. The van der Waals surface area contributed by atoms with E-state index in [1.807, 2.05) is 25.7 Å². The highest BCUT2D eigenvalue weighted by Crippen LogP contribution is 2.18. The van der Waals surface area contributed by atoms with Gasteiger partial charge in [-0.15, -0.1) is 11.3 Å². The quantitative estimate of drug-likeness (QED) is 0.600. The highest BCUT2D eigenvalue weighted by Gasteiger charge is 2.20. The van der Waals surface area contributed by atoms with E-state index in [-0.39, 0.29) is 5.91 Å². The molecule has 140 valence electrons. The fourth-order valence-electron chi connectivity index (χ4n) is 3.07. The molecule has 1 aliphatic heterocycles. The molecular formula is C18H31N5OS. The molecule has 0 aliphatic carbocycles. The smallest absolute Gasteiger partial charge is 0.224 e. The fourth-order valence-corrected chi connectivity index (χ4v) is 3.94. The Kier molecular flexibility index (Phi) is 7.68. The third-order valence-electron chi connectivity index (χ3n) is 4.37. The van der Waals surface area contributed by atoms with Crippen molar-refractivity contribution in [3.63, 3.8) is 0 Å². The number of hydrogen-bond donors (Lipinski definition) is 2. The molecule has 1 unspecified atom stereocenters. The first-order chi connectivity index (χ1) is 12.0. The second-order valence-electron chi connectivity index (χ2n) is 6.70. The maximum absolute atomic E-state index is 12.3. The molecule has 1 aromatic heterocycles. The van der Waals surface area contributed by atoms with Crippen LogP contribution in [-0.4, -0.2) is 47.9 Å². The molecule has 0 spiro atoms. The van der Waals surface area contributed by atoms with Gasteiger partial charge in [-0.3, -0.25) is 4.79 Å². The molecule has 1 aliphatic rings. The summed E-state index contributed by atoms with van der Waals surface area (Å²) in [4.78, 5) is 24.6. The van der Waals surface area contributed by atoms with Crippen LogP contribution in [0.3, 0.4) is 0 Å². The average Bonchev–Trinajstić information content (AvgIpc) is 2.90. The number of nitrogens with zero attached hydrogens (tertiary/aromatic N) is 3. The SMILES string of the molecule is CCNC(=NCc1sc(C)nc1C)NCCC(=O)N1CCCC(C)C1. The molecule has 1 atom stereocenters. The van der Waals surface area contributed by atoms with Gasteiger partial charge in [0.2, 0.25) is 5.91 Å². The summed E-state index contributed by atoms with van der Waals surface area (Å²) in [6.07, 6.45) is 2.86. The summed E-state index contributed by atoms with van der Waals surface area (Å²) in [6.45, 7) is 12.1. The molecule has 0 saturated carbocycles. The number of hydrogen-bond acceptors (Lipinski definition) is 4. The summed E-state index contributed by atoms with van der Waals surface area (Å²) in [6, 6.07) is 0. The third kappa shape index (κ3) is 6.30. The van der Waals surface area contributed by atoms with Gasteiger partial charge in [0.15, 0.2) is 5.96 Å². The summed E-state index contributed by atoms with van der Waals surface area (Å²) in [7, 11) is 0.